The van der Waals surface area contributed by atoms with Crippen LogP contribution in [0.5, 0.6) is 0 Å². The lowest BCUT2D eigenvalue weighted by Crippen LogP contribution is -2.50. The fourth-order valence-corrected chi connectivity index (χ4v) is 3.95. The first-order valence-corrected chi connectivity index (χ1v) is 8.79. The van der Waals surface area contributed by atoms with Crippen molar-refractivity contribution in [3.8, 4) is 0 Å². The molecule has 2 atom stereocenters. The van der Waals surface area contributed by atoms with E-state index in [1.54, 1.807) is 0 Å². The SMILES string of the molecule is CCOC1CC(C(=O)N2CC[C@@H](c3ccccc3)[C@@H](CO)C2)C1. The van der Waals surface area contributed by atoms with Crippen molar-refractivity contribution in [2.75, 3.05) is 26.3 Å². The van der Waals surface area contributed by atoms with Gasteiger partial charge >= 0.3 is 0 Å². The standard InChI is InChI=1S/C19H27NO3/c1-2-23-17-10-15(11-17)19(22)20-9-8-18(16(12-20)13-21)14-6-4-3-5-7-14/h3-7,15-18,21H,2,8-13H2,1H3/t15?,16-,17?,18+/m1/s1. The molecule has 1 aromatic rings. The Labute approximate surface area is 138 Å². The topological polar surface area (TPSA) is 49.8 Å². The fraction of sp³-hybridized carbons (Fsp3) is 0.632. The van der Waals surface area contributed by atoms with E-state index in [4.69, 9.17) is 4.74 Å². The lowest BCUT2D eigenvalue weighted by atomic mass is 9.78. The number of benzene rings is 1. The van der Waals surface area contributed by atoms with Crippen LogP contribution >= 0.6 is 0 Å². The third kappa shape index (κ3) is 3.59. The average Bonchev–Trinajstić information content (AvgIpc) is 2.57. The number of carbonyl (C=O) groups is 1. The van der Waals surface area contributed by atoms with Crippen molar-refractivity contribution < 1.29 is 14.6 Å². The molecule has 0 spiro atoms. The van der Waals surface area contributed by atoms with Crippen molar-refractivity contribution in [1.29, 1.82) is 0 Å². The van der Waals surface area contributed by atoms with Crippen molar-refractivity contribution in [2.24, 2.45) is 11.8 Å². The van der Waals surface area contributed by atoms with Gasteiger partial charge in [0.2, 0.25) is 5.91 Å². The largest absolute Gasteiger partial charge is 0.396 e. The number of hydrogen-bond acceptors (Lipinski definition) is 3. The highest BCUT2D eigenvalue weighted by Gasteiger charge is 2.40. The highest BCUT2D eigenvalue weighted by Crippen LogP contribution is 2.36. The summed E-state index contributed by atoms with van der Waals surface area (Å²) < 4.78 is 5.55. The van der Waals surface area contributed by atoms with E-state index in [0.29, 0.717) is 12.5 Å². The second kappa shape index (κ2) is 7.45. The molecule has 126 valence electrons. The molecule has 1 N–H and O–H groups in total. The molecule has 2 fully saturated rings. The molecule has 23 heavy (non-hydrogen) atoms. The van der Waals surface area contributed by atoms with Gasteiger partial charge in [-0.3, -0.25) is 4.79 Å². The smallest absolute Gasteiger partial charge is 0.225 e. The number of piperidine rings is 1. The van der Waals surface area contributed by atoms with Crippen LogP contribution < -0.4 is 0 Å². The van der Waals surface area contributed by atoms with Crippen LogP contribution in [0.2, 0.25) is 0 Å². The lowest BCUT2D eigenvalue weighted by Gasteiger charge is -2.42. The van der Waals surface area contributed by atoms with Gasteiger partial charge in [-0.1, -0.05) is 30.3 Å². The maximum Gasteiger partial charge on any atom is 0.225 e. The maximum absolute atomic E-state index is 12.6. The molecule has 1 aliphatic carbocycles. The molecule has 1 saturated carbocycles. The summed E-state index contributed by atoms with van der Waals surface area (Å²) in [6.07, 6.45) is 2.91. The zero-order valence-electron chi connectivity index (χ0n) is 13.9. The minimum Gasteiger partial charge on any atom is -0.396 e. The van der Waals surface area contributed by atoms with Crippen LogP contribution in [0.3, 0.4) is 0 Å². The van der Waals surface area contributed by atoms with Crippen molar-refractivity contribution in [2.45, 2.75) is 38.2 Å². The van der Waals surface area contributed by atoms with Gasteiger partial charge < -0.3 is 14.7 Å². The predicted molar refractivity (Wildman–Crippen MR) is 89.1 cm³/mol. The van der Waals surface area contributed by atoms with Crippen LogP contribution in [0.1, 0.15) is 37.7 Å². The number of aliphatic hydroxyl groups is 1. The summed E-state index contributed by atoms with van der Waals surface area (Å²) in [5.41, 5.74) is 1.28. The van der Waals surface area contributed by atoms with Crippen molar-refractivity contribution in [3.05, 3.63) is 35.9 Å². The fourth-order valence-electron chi connectivity index (χ4n) is 3.95. The van der Waals surface area contributed by atoms with E-state index in [2.05, 4.69) is 12.1 Å². The summed E-state index contributed by atoms with van der Waals surface area (Å²) >= 11 is 0. The van der Waals surface area contributed by atoms with E-state index in [1.807, 2.05) is 30.0 Å². The minimum atomic E-state index is 0.124. The highest BCUT2D eigenvalue weighted by atomic mass is 16.5. The van der Waals surface area contributed by atoms with E-state index < -0.39 is 0 Å². The summed E-state index contributed by atoms with van der Waals surface area (Å²) in [6.45, 7) is 4.32. The molecule has 0 bridgehead atoms. The molecule has 1 saturated heterocycles. The molecule has 1 amide bonds. The van der Waals surface area contributed by atoms with Crippen LogP contribution in [-0.2, 0) is 9.53 Å². The zero-order valence-corrected chi connectivity index (χ0v) is 13.9. The molecule has 4 nitrogen and oxygen atoms in total. The Bertz CT molecular complexity index is 513. The third-order valence-corrected chi connectivity index (χ3v) is 5.35. The molecule has 3 rings (SSSR count). The third-order valence-electron chi connectivity index (χ3n) is 5.35. The Balaban J connectivity index is 1.57. The highest BCUT2D eigenvalue weighted by molar-refractivity contribution is 5.80. The monoisotopic (exact) mass is 317 g/mol. The number of carbonyl (C=O) groups excluding carboxylic acids is 1. The Hall–Kier alpha value is -1.39. The number of hydrogen-bond donors (Lipinski definition) is 1. The van der Waals surface area contributed by atoms with Gasteiger partial charge in [0.15, 0.2) is 0 Å². The molecule has 2 aliphatic rings. The number of rotatable bonds is 5. The number of likely N-dealkylation sites (tertiary alicyclic amines) is 1. The molecule has 0 unspecified atom stereocenters. The summed E-state index contributed by atoms with van der Waals surface area (Å²) in [6, 6.07) is 10.4. The normalized spacial score (nSPS) is 30.8. The number of nitrogens with zero attached hydrogens (tertiary/aromatic N) is 1. The summed E-state index contributed by atoms with van der Waals surface area (Å²) in [7, 11) is 0. The predicted octanol–water partition coefficient (Wildman–Crippen LogP) is 2.43. The summed E-state index contributed by atoms with van der Waals surface area (Å²) in [5, 5.41) is 9.79. The molecular weight excluding hydrogens is 290 g/mol. The van der Waals surface area contributed by atoms with E-state index in [0.717, 1.165) is 32.4 Å². The molecule has 1 aliphatic heterocycles. The van der Waals surface area contributed by atoms with Gasteiger partial charge in [0, 0.05) is 38.1 Å². The van der Waals surface area contributed by atoms with Crippen LogP contribution in [-0.4, -0.2) is 48.3 Å². The Morgan fingerprint density at radius 3 is 2.70 bits per heavy atom. The lowest BCUT2D eigenvalue weighted by molar-refractivity contribution is -0.146. The van der Waals surface area contributed by atoms with Crippen molar-refractivity contribution >= 4 is 5.91 Å². The minimum absolute atomic E-state index is 0.124. The number of ether oxygens (including phenoxy) is 1. The van der Waals surface area contributed by atoms with Gasteiger partial charge in [0.1, 0.15) is 0 Å². The van der Waals surface area contributed by atoms with Gasteiger partial charge in [0.05, 0.1) is 6.10 Å². The Morgan fingerprint density at radius 1 is 1.30 bits per heavy atom. The van der Waals surface area contributed by atoms with Crippen LogP contribution in [0, 0.1) is 11.8 Å². The van der Waals surface area contributed by atoms with Gasteiger partial charge in [-0.15, -0.1) is 0 Å². The second-order valence-electron chi connectivity index (χ2n) is 6.78. The first-order valence-electron chi connectivity index (χ1n) is 8.79. The van der Waals surface area contributed by atoms with Crippen LogP contribution in [0.15, 0.2) is 30.3 Å². The van der Waals surface area contributed by atoms with E-state index in [-0.39, 0.29) is 30.5 Å². The van der Waals surface area contributed by atoms with E-state index >= 15 is 0 Å². The zero-order chi connectivity index (χ0) is 16.2. The Kier molecular flexibility index (Phi) is 5.34. The van der Waals surface area contributed by atoms with Gasteiger partial charge in [0.25, 0.3) is 0 Å². The molecule has 1 aromatic carbocycles. The number of amides is 1. The molecule has 1 heterocycles. The van der Waals surface area contributed by atoms with Crippen LogP contribution in [0.4, 0.5) is 0 Å². The average molecular weight is 317 g/mol. The van der Waals surface area contributed by atoms with Gasteiger partial charge in [-0.05, 0) is 37.7 Å². The molecular formula is C19H27NO3. The van der Waals surface area contributed by atoms with Crippen LogP contribution in [0.25, 0.3) is 0 Å². The van der Waals surface area contributed by atoms with Crippen molar-refractivity contribution in [3.63, 3.8) is 0 Å². The van der Waals surface area contributed by atoms with Gasteiger partial charge in [-0.2, -0.15) is 0 Å². The Morgan fingerprint density at radius 2 is 2.04 bits per heavy atom. The van der Waals surface area contributed by atoms with E-state index in [9.17, 15) is 9.90 Å². The molecule has 4 heteroatoms. The van der Waals surface area contributed by atoms with E-state index in [1.165, 1.54) is 5.56 Å². The van der Waals surface area contributed by atoms with Crippen molar-refractivity contribution in [1.82, 2.24) is 4.90 Å². The maximum atomic E-state index is 12.6. The molecule has 0 aromatic heterocycles. The quantitative estimate of drug-likeness (QED) is 0.907. The summed E-state index contributed by atoms with van der Waals surface area (Å²) in [5.74, 6) is 0.866. The number of aliphatic hydroxyl groups excluding tert-OH is 1. The van der Waals surface area contributed by atoms with Gasteiger partial charge in [-0.25, -0.2) is 0 Å². The first kappa shape index (κ1) is 16.5. The molecule has 0 radical (unpaired) electrons. The first-order chi connectivity index (χ1) is 11.2. The second-order valence-corrected chi connectivity index (χ2v) is 6.78. The summed E-state index contributed by atoms with van der Waals surface area (Å²) in [4.78, 5) is 14.6.